The number of hydrogen-bond donors (Lipinski definition) is 1. The summed E-state index contributed by atoms with van der Waals surface area (Å²) in [5, 5.41) is 3.05. The minimum absolute atomic E-state index is 0.00233. The van der Waals surface area contributed by atoms with Crippen LogP contribution in [0.5, 0.6) is 0 Å². The maximum absolute atomic E-state index is 12.5. The van der Waals surface area contributed by atoms with E-state index >= 15 is 0 Å². The van der Waals surface area contributed by atoms with E-state index in [0.717, 1.165) is 63.6 Å². The Labute approximate surface area is 160 Å². The van der Waals surface area contributed by atoms with Crippen molar-refractivity contribution >= 4 is 11.6 Å². The topological polar surface area (TPSA) is 44.8 Å². The molecule has 5 heteroatoms. The molecule has 1 saturated heterocycles. The van der Waals surface area contributed by atoms with E-state index in [1.54, 1.807) is 0 Å². The lowest BCUT2D eigenvalue weighted by Crippen LogP contribution is -2.41. The maximum atomic E-state index is 12.5. The molecule has 0 bridgehead atoms. The van der Waals surface area contributed by atoms with Crippen LogP contribution < -0.4 is 10.2 Å². The number of carbonyl (C=O) groups is 1. The Morgan fingerprint density at radius 1 is 1.00 bits per heavy atom. The van der Waals surface area contributed by atoms with Crippen molar-refractivity contribution in [3.05, 3.63) is 65.2 Å². The zero-order valence-corrected chi connectivity index (χ0v) is 15.7. The van der Waals surface area contributed by atoms with Crippen LogP contribution in [0.3, 0.4) is 0 Å². The molecule has 0 spiro atoms. The van der Waals surface area contributed by atoms with Gasteiger partial charge in [0.1, 0.15) is 0 Å². The molecule has 5 nitrogen and oxygen atoms in total. The van der Waals surface area contributed by atoms with E-state index in [9.17, 15) is 4.79 Å². The standard InChI is InChI=1S/C22H27N3O2/c26-22(23-9-11-24-12-14-27-15-13-24)19-6-3-7-21(16-19)25-10-8-18-4-1-2-5-20(18)17-25/h1-7,16H,8-15,17H2,(H,23,26). The largest absolute Gasteiger partial charge is 0.379 e. The lowest BCUT2D eigenvalue weighted by Gasteiger charge is -2.31. The molecule has 2 aliphatic heterocycles. The average molecular weight is 365 g/mol. The Bertz CT molecular complexity index is 787. The van der Waals surface area contributed by atoms with Gasteiger partial charge < -0.3 is 15.0 Å². The molecule has 0 saturated carbocycles. The third-order valence-electron chi connectivity index (χ3n) is 5.42. The lowest BCUT2D eigenvalue weighted by molar-refractivity contribution is 0.0383. The van der Waals surface area contributed by atoms with Crippen molar-refractivity contribution in [3.63, 3.8) is 0 Å². The number of benzene rings is 2. The van der Waals surface area contributed by atoms with Gasteiger partial charge in [0.25, 0.3) is 5.91 Å². The molecule has 2 heterocycles. The van der Waals surface area contributed by atoms with E-state index < -0.39 is 0 Å². The number of carbonyl (C=O) groups excluding carboxylic acids is 1. The number of anilines is 1. The van der Waals surface area contributed by atoms with Gasteiger partial charge in [-0.25, -0.2) is 0 Å². The molecule has 4 rings (SSSR count). The first-order chi connectivity index (χ1) is 13.3. The molecular formula is C22H27N3O2. The van der Waals surface area contributed by atoms with Gasteiger partial charge in [-0.15, -0.1) is 0 Å². The number of nitrogens with zero attached hydrogens (tertiary/aromatic N) is 2. The van der Waals surface area contributed by atoms with Crippen LogP contribution in [0, 0.1) is 0 Å². The second-order valence-corrected chi connectivity index (χ2v) is 7.20. The molecular weight excluding hydrogens is 338 g/mol. The van der Waals surface area contributed by atoms with Gasteiger partial charge in [0.15, 0.2) is 0 Å². The first-order valence-corrected chi connectivity index (χ1v) is 9.80. The highest BCUT2D eigenvalue weighted by atomic mass is 16.5. The fourth-order valence-electron chi connectivity index (χ4n) is 3.81. The molecule has 0 atom stereocenters. The van der Waals surface area contributed by atoms with Crippen LogP contribution in [0.2, 0.25) is 0 Å². The molecule has 0 radical (unpaired) electrons. The van der Waals surface area contributed by atoms with Crippen LogP contribution in [-0.2, 0) is 17.7 Å². The van der Waals surface area contributed by atoms with Gasteiger partial charge in [0.05, 0.1) is 13.2 Å². The highest BCUT2D eigenvalue weighted by Gasteiger charge is 2.17. The van der Waals surface area contributed by atoms with Crippen LogP contribution in [0.1, 0.15) is 21.5 Å². The Kier molecular flexibility index (Phi) is 5.70. The van der Waals surface area contributed by atoms with Crippen LogP contribution >= 0.6 is 0 Å². The van der Waals surface area contributed by atoms with E-state index in [2.05, 4.69) is 45.4 Å². The van der Waals surface area contributed by atoms with Crippen molar-refractivity contribution in [2.75, 3.05) is 50.8 Å². The highest BCUT2D eigenvalue weighted by Crippen LogP contribution is 2.25. The van der Waals surface area contributed by atoms with E-state index in [1.807, 2.05) is 18.2 Å². The summed E-state index contributed by atoms with van der Waals surface area (Å²) in [6.07, 6.45) is 1.05. The van der Waals surface area contributed by atoms with Gasteiger partial charge >= 0.3 is 0 Å². The maximum Gasteiger partial charge on any atom is 0.251 e. The number of nitrogens with one attached hydrogen (secondary N) is 1. The number of ether oxygens (including phenoxy) is 1. The fourth-order valence-corrected chi connectivity index (χ4v) is 3.81. The number of rotatable bonds is 5. The molecule has 2 aromatic carbocycles. The van der Waals surface area contributed by atoms with Gasteiger partial charge in [-0.05, 0) is 35.7 Å². The monoisotopic (exact) mass is 365 g/mol. The van der Waals surface area contributed by atoms with Crippen molar-refractivity contribution in [3.8, 4) is 0 Å². The molecule has 0 aromatic heterocycles. The summed E-state index contributed by atoms with van der Waals surface area (Å²) < 4.78 is 5.36. The first-order valence-electron chi connectivity index (χ1n) is 9.80. The summed E-state index contributed by atoms with van der Waals surface area (Å²) in [5.74, 6) is 0.00233. The predicted octanol–water partition coefficient (Wildman–Crippen LogP) is 2.31. The second kappa shape index (κ2) is 8.55. The fraction of sp³-hybridized carbons (Fsp3) is 0.409. The Balaban J connectivity index is 1.35. The Morgan fingerprint density at radius 3 is 2.67 bits per heavy atom. The number of fused-ring (bicyclic) bond motifs is 1. The van der Waals surface area contributed by atoms with Gasteiger partial charge in [-0.3, -0.25) is 9.69 Å². The molecule has 1 amide bonds. The third kappa shape index (κ3) is 4.49. The molecule has 0 unspecified atom stereocenters. The molecule has 1 N–H and O–H groups in total. The minimum Gasteiger partial charge on any atom is -0.379 e. The van der Waals surface area contributed by atoms with Gasteiger partial charge in [0, 0.05) is 50.5 Å². The number of amides is 1. The molecule has 1 fully saturated rings. The summed E-state index contributed by atoms with van der Waals surface area (Å²) in [4.78, 5) is 17.2. The molecule has 27 heavy (non-hydrogen) atoms. The minimum atomic E-state index is 0.00233. The van der Waals surface area contributed by atoms with Crippen LogP contribution in [0.4, 0.5) is 5.69 Å². The van der Waals surface area contributed by atoms with E-state index in [4.69, 9.17) is 4.74 Å². The average Bonchev–Trinajstić information content (AvgIpc) is 2.74. The zero-order chi connectivity index (χ0) is 18.5. The van der Waals surface area contributed by atoms with Gasteiger partial charge in [-0.1, -0.05) is 30.3 Å². The van der Waals surface area contributed by atoms with Crippen molar-refractivity contribution in [1.82, 2.24) is 10.2 Å². The SMILES string of the molecule is O=C(NCCN1CCOCC1)c1cccc(N2CCc3ccccc3C2)c1. The van der Waals surface area contributed by atoms with Gasteiger partial charge in [-0.2, -0.15) is 0 Å². The van der Waals surface area contributed by atoms with Crippen LogP contribution in [-0.4, -0.2) is 56.7 Å². The molecule has 0 aliphatic carbocycles. The summed E-state index contributed by atoms with van der Waals surface area (Å²) in [6.45, 7) is 6.89. The van der Waals surface area contributed by atoms with E-state index in [-0.39, 0.29) is 5.91 Å². The second-order valence-electron chi connectivity index (χ2n) is 7.20. The highest BCUT2D eigenvalue weighted by molar-refractivity contribution is 5.95. The molecule has 2 aliphatic rings. The van der Waals surface area contributed by atoms with Crippen molar-refractivity contribution in [2.45, 2.75) is 13.0 Å². The summed E-state index contributed by atoms with van der Waals surface area (Å²) >= 11 is 0. The first kappa shape index (κ1) is 18.0. The number of hydrogen-bond acceptors (Lipinski definition) is 4. The summed E-state index contributed by atoms with van der Waals surface area (Å²) in [6, 6.07) is 16.6. The van der Waals surface area contributed by atoms with Crippen LogP contribution in [0.25, 0.3) is 0 Å². The molecule has 2 aromatic rings. The van der Waals surface area contributed by atoms with Crippen LogP contribution in [0.15, 0.2) is 48.5 Å². The Morgan fingerprint density at radius 2 is 1.81 bits per heavy atom. The van der Waals surface area contributed by atoms with Gasteiger partial charge in [0.2, 0.25) is 0 Å². The lowest BCUT2D eigenvalue weighted by atomic mass is 9.99. The molecule has 142 valence electrons. The zero-order valence-electron chi connectivity index (χ0n) is 15.7. The normalized spacial score (nSPS) is 17.4. The quantitative estimate of drug-likeness (QED) is 0.883. The number of morpholine rings is 1. The van der Waals surface area contributed by atoms with E-state index in [0.29, 0.717) is 6.54 Å². The van der Waals surface area contributed by atoms with E-state index in [1.165, 1.54) is 11.1 Å². The smallest absolute Gasteiger partial charge is 0.251 e. The Hall–Kier alpha value is -2.37. The van der Waals surface area contributed by atoms with Crippen molar-refractivity contribution < 1.29 is 9.53 Å². The van der Waals surface area contributed by atoms with Crippen molar-refractivity contribution in [2.24, 2.45) is 0 Å². The van der Waals surface area contributed by atoms with Crippen molar-refractivity contribution in [1.29, 1.82) is 0 Å². The summed E-state index contributed by atoms with van der Waals surface area (Å²) in [7, 11) is 0. The summed E-state index contributed by atoms with van der Waals surface area (Å²) in [5.41, 5.74) is 4.66. The third-order valence-corrected chi connectivity index (χ3v) is 5.42. The predicted molar refractivity (Wildman–Crippen MR) is 107 cm³/mol.